The molecule has 0 unspecified atom stereocenters. The number of aromatic nitrogens is 2. The molecule has 0 aromatic carbocycles. The Morgan fingerprint density at radius 3 is 1.56 bits per heavy atom. The molecule has 2 fully saturated rings. The minimum atomic E-state index is -0.509. The fourth-order valence-corrected chi connectivity index (χ4v) is 4.43. The van der Waals surface area contributed by atoms with Crippen LogP contribution in [0.2, 0.25) is 5.15 Å². The van der Waals surface area contributed by atoms with E-state index in [-0.39, 0.29) is 41.7 Å². The van der Waals surface area contributed by atoms with Gasteiger partial charge in [0.25, 0.3) is 11.4 Å². The molecular formula is C31H49ClN8O8. The first-order chi connectivity index (χ1) is 21.8. The van der Waals surface area contributed by atoms with Gasteiger partial charge in [0.15, 0.2) is 0 Å². The number of pyridine rings is 2. The molecule has 0 spiro atoms. The summed E-state index contributed by atoms with van der Waals surface area (Å²) in [6, 6.07) is 5.85. The number of piperazine rings is 2. The summed E-state index contributed by atoms with van der Waals surface area (Å²) in [5, 5.41) is 24.5. The summed E-state index contributed by atoms with van der Waals surface area (Å²) < 4.78 is 10.6. The van der Waals surface area contributed by atoms with Gasteiger partial charge in [0, 0.05) is 64.5 Å². The smallest absolute Gasteiger partial charge is 0.410 e. The van der Waals surface area contributed by atoms with Crippen molar-refractivity contribution in [3.05, 3.63) is 61.0 Å². The Bertz CT molecular complexity index is 1400. The van der Waals surface area contributed by atoms with Crippen LogP contribution in [0.1, 0.15) is 60.4 Å². The maximum Gasteiger partial charge on any atom is 0.410 e. The molecule has 17 heteroatoms. The van der Waals surface area contributed by atoms with Gasteiger partial charge in [0.1, 0.15) is 33.6 Å². The molecule has 2 saturated heterocycles. The quantitative estimate of drug-likeness (QED) is 0.232. The van der Waals surface area contributed by atoms with Gasteiger partial charge in [0.2, 0.25) is 0 Å². The van der Waals surface area contributed by atoms with Crippen molar-refractivity contribution in [1.29, 1.82) is 0 Å². The van der Waals surface area contributed by atoms with Crippen molar-refractivity contribution in [2.24, 2.45) is 0 Å². The molecule has 2 aromatic rings. The lowest BCUT2D eigenvalue weighted by atomic mass is 10.2. The molecule has 1 N–H and O–H groups in total. The van der Waals surface area contributed by atoms with E-state index in [1.165, 1.54) is 18.2 Å². The highest BCUT2D eigenvalue weighted by atomic mass is 35.5. The first kappa shape index (κ1) is 41.7. The van der Waals surface area contributed by atoms with Crippen LogP contribution in [-0.4, -0.2) is 105 Å². The Labute approximate surface area is 287 Å². The van der Waals surface area contributed by atoms with Crippen molar-refractivity contribution in [2.45, 2.75) is 74.0 Å². The lowest BCUT2D eigenvalue weighted by Crippen LogP contribution is -2.50. The van der Waals surface area contributed by atoms with Crippen LogP contribution in [0.25, 0.3) is 0 Å². The standard InChI is InChI=1S/C15H22N4O4.C9H18N2O2.C6H5ClN2O2.CH4/c1-11-12(19(21)22)5-6-13(16-11)17-7-9-18(10-8-17)14(20)23-15(2,3)4;1-9(2,3)13-8(12)11-6-4-10-5-7-11;1-4-5(9(10)11)2-3-6(7)8-4;/h5-6H,7-10H2,1-4H3;10H,4-7H2,1-3H3;2-3H,1H3;1H4. The number of halogens is 1. The summed E-state index contributed by atoms with van der Waals surface area (Å²) in [5.74, 6) is 0.692. The van der Waals surface area contributed by atoms with E-state index in [1.54, 1.807) is 29.7 Å². The number of amides is 2. The number of ether oxygens (including phenoxy) is 2. The Balaban J connectivity index is 0.000000391. The average molecular weight is 697 g/mol. The molecule has 0 atom stereocenters. The highest BCUT2D eigenvalue weighted by molar-refractivity contribution is 6.29. The van der Waals surface area contributed by atoms with Gasteiger partial charge in [-0.05, 0) is 67.5 Å². The van der Waals surface area contributed by atoms with Gasteiger partial charge >= 0.3 is 12.2 Å². The van der Waals surface area contributed by atoms with Crippen molar-refractivity contribution >= 4 is 41.0 Å². The summed E-state index contributed by atoms with van der Waals surface area (Å²) in [7, 11) is 0. The normalized spacial score (nSPS) is 14.6. The SMILES string of the molecule is C.CC(C)(C)OC(=O)N1CCNCC1.Cc1nc(Cl)ccc1[N+](=O)[O-].Cc1nc(N2CCN(C(=O)OC(C)(C)C)CC2)ccc1[N+](=O)[O-]. The first-order valence-corrected chi connectivity index (χ1v) is 15.5. The van der Waals surface area contributed by atoms with Crippen molar-refractivity contribution in [2.75, 3.05) is 57.3 Å². The fourth-order valence-electron chi connectivity index (χ4n) is 4.24. The summed E-state index contributed by atoms with van der Waals surface area (Å²) in [5.41, 5.74) is -0.159. The highest BCUT2D eigenvalue weighted by Crippen LogP contribution is 2.22. The predicted molar refractivity (Wildman–Crippen MR) is 184 cm³/mol. The van der Waals surface area contributed by atoms with E-state index in [0.717, 1.165) is 26.2 Å². The number of anilines is 1. The molecule has 48 heavy (non-hydrogen) atoms. The second-order valence-corrected chi connectivity index (χ2v) is 13.1. The molecule has 2 aliphatic heterocycles. The molecule has 0 aliphatic carbocycles. The lowest BCUT2D eigenvalue weighted by molar-refractivity contribution is -0.385. The van der Waals surface area contributed by atoms with Crippen LogP contribution in [0.5, 0.6) is 0 Å². The average Bonchev–Trinajstić information content (AvgIpc) is 2.96. The number of rotatable bonds is 3. The van der Waals surface area contributed by atoms with E-state index in [9.17, 15) is 29.8 Å². The van der Waals surface area contributed by atoms with Gasteiger partial charge in [-0.1, -0.05) is 19.0 Å². The zero-order chi connectivity index (χ0) is 35.5. The molecule has 2 aliphatic rings. The van der Waals surface area contributed by atoms with E-state index in [4.69, 9.17) is 21.1 Å². The Kier molecular flexibility index (Phi) is 15.9. The molecule has 0 radical (unpaired) electrons. The van der Waals surface area contributed by atoms with Gasteiger partial charge < -0.3 is 29.5 Å². The number of carbonyl (C=O) groups excluding carboxylic acids is 2. The van der Waals surface area contributed by atoms with E-state index in [0.29, 0.717) is 43.4 Å². The summed E-state index contributed by atoms with van der Waals surface area (Å²) in [6.07, 6.45) is -0.515. The Morgan fingerprint density at radius 1 is 0.750 bits per heavy atom. The first-order valence-electron chi connectivity index (χ1n) is 15.1. The van der Waals surface area contributed by atoms with Gasteiger partial charge in [-0.25, -0.2) is 19.6 Å². The monoisotopic (exact) mass is 696 g/mol. The van der Waals surface area contributed by atoms with Crippen molar-refractivity contribution in [1.82, 2.24) is 25.1 Å². The highest BCUT2D eigenvalue weighted by Gasteiger charge is 2.27. The van der Waals surface area contributed by atoms with Crippen LogP contribution in [-0.2, 0) is 9.47 Å². The Morgan fingerprint density at radius 2 is 1.17 bits per heavy atom. The molecule has 268 valence electrons. The third-order valence-corrected chi connectivity index (χ3v) is 6.70. The molecule has 4 rings (SSSR count). The number of aryl methyl sites for hydroxylation is 2. The topological polar surface area (TPSA) is 186 Å². The zero-order valence-corrected chi connectivity index (χ0v) is 29.0. The number of hydrogen-bond acceptors (Lipinski definition) is 12. The van der Waals surface area contributed by atoms with Crippen LogP contribution in [0.4, 0.5) is 26.8 Å². The van der Waals surface area contributed by atoms with Gasteiger partial charge in [-0.3, -0.25) is 20.2 Å². The third-order valence-electron chi connectivity index (χ3n) is 6.48. The largest absolute Gasteiger partial charge is 0.444 e. The fraction of sp³-hybridized carbons (Fsp3) is 0.613. The maximum absolute atomic E-state index is 12.0. The number of hydrogen-bond donors (Lipinski definition) is 1. The summed E-state index contributed by atoms with van der Waals surface area (Å²) >= 11 is 5.49. The lowest BCUT2D eigenvalue weighted by Gasteiger charge is -2.36. The van der Waals surface area contributed by atoms with E-state index in [1.807, 2.05) is 46.4 Å². The third kappa shape index (κ3) is 14.2. The van der Waals surface area contributed by atoms with Gasteiger partial charge in [0.05, 0.1) is 9.85 Å². The Hall–Kier alpha value is -4.31. The predicted octanol–water partition coefficient (Wildman–Crippen LogP) is 5.77. The summed E-state index contributed by atoms with van der Waals surface area (Å²) in [4.78, 5) is 57.1. The molecule has 16 nitrogen and oxygen atoms in total. The number of nitrogens with one attached hydrogen (secondary N) is 1. The molecule has 4 heterocycles. The number of nitrogens with zero attached hydrogens (tertiary/aromatic N) is 7. The van der Waals surface area contributed by atoms with Crippen LogP contribution >= 0.6 is 11.6 Å². The van der Waals surface area contributed by atoms with Crippen molar-refractivity contribution in [3.63, 3.8) is 0 Å². The van der Waals surface area contributed by atoms with E-state index < -0.39 is 15.4 Å². The minimum absolute atomic E-state index is 0. The minimum Gasteiger partial charge on any atom is -0.444 e. The zero-order valence-electron chi connectivity index (χ0n) is 28.2. The van der Waals surface area contributed by atoms with E-state index in [2.05, 4.69) is 15.3 Å². The van der Waals surface area contributed by atoms with Gasteiger partial charge in [-0.15, -0.1) is 0 Å². The second kappa shape index (κ2) is 18.3. The second-order valence-electron chi connectivity index (χ2n) is 12.7. The van der Waals surface area contributed by atoms with Crippen LogP contribution in [0.3, 0.4) is 0 Å². The maximum atomic E-state index is 12.0. The van der Waals surface area contributed by atoms with Crippen molar-refractivity contribution in [3.8, 4) is 0 Å². The molecule has 0 bridgehead atoms. The summed E-state index contributed by atoms with van der Waals surface area (Å²) in [6.45, 7) is 19.8. The molecule has 2 aromatic heterocycles. The molecule has 2 amide bonds. The van der Waals surface area contributed by atoms with Gasteiger partial charge in [-0.2, -0.15) is 0 Å². The molecular weight excluding hydrogens is 648 g/mol. The van der Waals surface area contributed by atoms with Crippen molar-refractivity contribution < 1.29 is 28.9 Å². The van der Waals surface area contributed by atoms with E-state index >= 15 is 0 Å². The molecule has 0 saturated carbocycles. The van der Waals surface area contributed by atoms with Crippen LogP contribution in [0.15, 0.2) is 24.3 Å². The van der Waals surface area contributed by atoms with Crippen LogP contribution in [0, 0.1) is 34.1 Å². The number of nitro groups is 2. The number of carbonyl (C=O) groups is 2. The van der Waals surface area contributed by atoms with Crippen LogP contribution < -0.4 is 10.2 Å².